The van der Waals surface area contributed by atoms with Crippen molar-refractivity contribution < 1.29 is 14.7 Å². The first-order chi connectivity index (χ1) is 13.5. The van der Waals surface area contributed by atoms with E-state index in [0.29, 0.717) is 15.8 Å². The SMILES string of the molecule is CCN(CC)c1ccc(/C=C2\SC(=Nc3cccc(C(=O)O)c3)NC2=O)cc1. The summed E-state index contributed by atoms with van der Waals surface area (Å²) < 4.78 is 0. The van der Waals surface area contributed by atoms with E-state index in [9.17, 15) is 9.59 Å². The number of carboxylic acids is 1. The van der Waals surface area contributed by atoms with Crippen molar-refractivity contribution in [3.8, 4) is 0 Å². The molecule has 0 aliphatic carbocycles. The maximum Gasteiger partial charge on any atom is 0.335 e. The number of carboxylic acid groups (broad SMARTS) is 1. The van der Waals surface area contributed by atoms with E-state index >= 15 is 0 Å². The number of amides is 1. The van der Waals surface area contributed by atoms with Gasteiger partial charge in [-0.1, -0.05) is 18.2 Å². The van der Waals surface area contributed by atoms with Crippen molar-refractivity contribution in [2.75, 3.05) is 18.0 Å². The lowest BCUT2D eigenvalue weighted by Crippen LogP contribution is -2.21. The van der Waals surface area contributed by atoms with Gasteiger partial charge in [0.25, 0.3) is 5.91 Å². The number of hydrogen-bond donors (Lipinski definition) is 2. The molecule has 144 valence electrons. The van der Waals surface area contributed by atoms with Gasteiger partial charge < -0.3 is 15.3 Å². The second-order valence-corrected chi connectivity index (χ2v) is 7.13. The van der Waals surface area contributed by atoms with E-state index < -0.39 is 5.97 Å². The Morgan fingerprint density at radius 3 is 2.54 bits per heavy atom. The maximum absolute atomic E-state index is 12.2. The summed E-state index contributed by atoms with van der Waals surface area (Å²) >= 11 is 1.23. The molecule has 0 atom stereocenters. The minimum Gasteiger partial charge on any atom is -0.478 e. The number of thioether (sulfide) groups is 1. The number of rotatable bonds is 6. The van der Waals surface area contributed by atoms with E-state index in [-0.39, 0.29) is 11.5 Å². The van der Waals surface area contributed by atoms with Crippen LogP contribution >= 0.6 is 11.8 Å². The molecule has 1 saturated heterocycles. The van der Waals surface area contributed by atoms with Gasteiger partial charge in [-0.25, -0.2) is 9.79 Å². The quantitative estimate of drug-likeness (QED) is 0.719. The lowest BCUT2D eigenvalue weighted by molar-refractivity contribution is -0.115. The van der Waals surface area contributed by atoms with Crippen LogP contribution in [0.25, 0.3) is 6.08 Å². The normalized spacial score (nSPS) is 16.4. The number of nitrogens with one attached hydrogen (secondary N) is 1. The highest BCUT2D eigenvalue weighted by atomic mass is 32.2. The average molecular weight is 395 g/mol. The molecule has 0 saturated carbocycles. The lowest BCUT2D eigenvalue weighted by Gasteiger charge is -2.20. The summed E-state index contributed by atoms with van der Waals surface area (Å²) in [5, 5.41) is 12.2. The van der Waals surface area contributed by atoms with E-state index in [0.717, 1.165) is 24.3 Å². The highest BCUT2D eigenvalue weighted by molar-refractivity contribution is 8.18. The van der Waals surface area contributed by atoms with Crippen LogP contribution in [0.1, 0.15) is 29.8 Å². The zero-order chi connectivity index (χ0) is 20.1. The maximum atomic E-state index is 12.2. The summed E-state index contributed by atoms with van der Waals surface area (Å²) in [6.45, 7) is 6.12. The molecule has 28 heavy (non-hydrogen) atoms. The molecule has 2 N–H and O–H groups in total. The van der Waals surface area contributed by atoms with Gasteiger partial charge in [0.05, 0.1) is 16.2 Å². The highest BCUT2D eigenvalue weighted by Gasteiger charge is 2.23. The fourth-order valence-electron chi connectivity index (χ4n) is 2.83. The summed E-state index contributed by atoms with van der Waals surface area (Å²) in [5.74, 6) is -1.23. The van der Waals surface area contributed by atoms with Crippen molar-refractivity contribution in [3.63, 3.8) is 0 Å². The van der Waals surface area contributed by atoms with E-state index in [4.69, 9.17) is 5.11 Å². The zero-order valence-electron chi connectivity index (χ0n) is 15.7. The largest absolute Gasteiger partial charge is 0.478 e. The Labute approximate surface area is 168 Å². The van der Waals surface area contributed by atoms with Crippen molar-refractivity contribution in [1.82, 2.24) is 5.32 Å². The van der Waals surface area contributed by atoms with Crippen molar-refractivity contribution in [1.29, 1.82) is 0 Å². The number of carbonyl (C=O) groups excluding carboxylic acids is 1. The van der Waals surface area contributed by atoms with Gasteiger partial charge in [-0.3, -0.25) is 4.79 Å². The average Bonchev–Trinajstić information content (AvgIpc) is 3.03. The van der Waals surface area contributed by atoms with Crippen molar-refractivity contribution in [2.24, 2.45) is 4.99 Å². The molecule has 0 unspecified atom stereocenters. The molecule has 7 heteroatoms. The van der Waals surface area contributed by atoms with E-state index in [1.807, 2.05) is 30.3 Å². The molecular formula is C21H21N3O3S. The molecule has 3 rings (SSSR count). The van der Waals surface area contributed by atoms with E-state index in [2.05, 4.69) is 29.1 Å². The predicted molar refractivity (Wildman–Crippen MR) is 114 cm³/mol. The Balaban J connectivity index is 1.77. The molecule has 1 amide bonds. The molecule has 1 aliphatic rings. The molecule has 2 aromatic rings. The third kappa shape index (κ3) is 4.61. The Hall–Kier alpha value is -3.06. The van der Waals surface area contributed by atoms with E-state index in [1.165, 1.54) is 23.9 Å². The monoisotopic (exact) mass is 395 g/mol. The standard InChI is InChI=1S/C21H21N3O3S/c1-3-24(4-2)17-10-8-14(9-11-17)12-18-19(25)23-21(28-18)22-16-7-5-6-15(13-16)20(26)27/h5-13H,3-4H2,1-2H3,(H,26,27)(H,22,23,25)/b18-12-. The molecule has 0 bridgehead atoms. The molecule has 1 fully saturated rings. The van der Waals surface area contributed by atoms with Crippen LogP contribution in [0.3, 0.4) is 0 Å². The highest BCUT2D eigenvalue weighted by Crippen LogP contribution is 2.28. The zero-order valence-corrected chi connectivity index (χ0v) is 16.5. The Morgan fingerprint density at radius 1 is 1.18 bits per heavy atom. The van der Waals surface area contributed by atoms with Gasteiger partial charge in [0.15, 0.2) is 5.17 Å². The fourth-order valence-corrected chi connectivity index (χ4v) is 3.67. The first kappa shape index (κ1) is 19.7. The minimum absolute atomic E-state index is 0.153. The molecular weight excluding hydrogens is 374 g/mol. The lowest BCUT2D eigenvalue weighted by atomic mass is 10.1. The van der Waals surface area contributed by atoms with Crippen molar-refractivity contribution in [2.45, 2.75) is 13.8 Å². The molecule has 0 radical (unpaired) electrons. The molecule has 1 heterocycles. The molecule has 2 aromatic carbocycles. The molecule has 6 nitrogen and oxygen atoms in total. The number of hydrogen-bond acceptors (Lipinski definition) is 5. The number of anilines is 1. The van der Waals surface area contributed by atoms with Crippen LogP contribution < -0.4 is 10.2 Å². The number of amidine groups is 1. The number of carbonyl (C=O) groups is 2. The molecule has 0 aromatic heterocycles. The fraction of sp³-hybridized carbons (Fsp3) is 0.190. The third-order valence-electron chi connectivity index (χ3n) is 4.29. The number of aromatic carboxylic acids is 1. The van der Waals surface area contributed by atoms with Crippen LogP contribution in [0.4, 0.5) is 11.4 Å². The summed E-state index contributed by atoms with van der Waals surface area (Å²) in [4.78, 5) is 30.4. The van der Waals surface area contributed by atoms with Crippen LogP contribution in [0, 0.1) is 0 Å². The second kappa shape index (κ2) is 8.75. The Morgan fingerprint density at radius 2 is 1.89 bits per heavy atom. The van der Waals surface area contributed by atoms with Crippen molar-refractivity contribution >= 4 is 46.3 Å². The van der Waals surface area contributed by atoms with Crippen LogP contribution in [0.5, 0.6) is 0 Å². The first-order valence-electron chi connectivity index (χ1n) is 8.98. The Kier molecular flexibility index (Phi) is 6.16. The summed E-state index contributed by atoms with van der Waals surface area (Å²) in [5.41, 5.74) is 2.71. The van der Waals surface area contributed by atoms with Gasteiger partial charge >= 0.3 is 5.97 Å². The van der Waals surface area contributed by atoms with Gasteiger partial charge in [0, 0.05) is 18.8 Å². The smallest absolute Gasteiger partial charge is 0.335 e. The van der Waals surface area contributed by atoms with Crippen LogP contribution in [0.2, 0.25) is 0 Å². The van der Waals surface area contributed by atoms with Gasteiger partial charge in [0.1, 0.15) is 0 Å². The van der Waals surface area contributed by atoms with Crippen molar-refractivity contribution in [3.05, 3.63) is 64.6 Å². The molecule has 1 aliphatic heterocycles. The van der Waals surface area contributed by atoms with Gasteiger partial charge in [-0.2, -0.15) is 0 Å². The number of benzene rings is 2. The Bertz CT molecular complexity index is 948. The van der Waals surface area contributed by atoms with Crippen LogP contribution in [-0.2, 0) is 4.79 Å². The van der Waals surface area contributed by atoms with E-state index in [1.54, 1.807) is 12.1 Å². The minimum atomic E-state index is -1.01. The first-order valence-corrected chi connectivity index (χ1v) is 9.79. The number of nitrogens with zero attached hydrogens (tertiary/aromatic N) is 2. The summed E-state index contributed by atoms with van der Waals surface area (Å²) in [6.07, 6.45) is 1.82. The topological polar surface area (TPSA) is 82.0 Å². The van der Waals surface area contributed by atoms with Crippen LogP contribution in [-0.4, -0.2) is 35.2 Å². The second-order valence-electron chi connectivity index (χ2n) is 6.10. The van der Waals surface area contributed by atoms with Gasteiger partial charge in [-0.05, 0) is 67.6 Å². The summed E-state index contributed by atoms with van der Waals surface area (Å²) in [7, 11) is 0. The van der Waals surface area contributed by atoms with Crippen LogP contribution in [0.15, 0.2) is 58.4 Å². The van der Waals surface area contributed by atoms with Gasteiger partial charge in [0.2, 0.25) is 0 Å². The predicted octanol–water partition coefficient (Wildman–Crippen LogP) is 4.12. The summed E-state index contributed by atoms with van der Waals surface area (Å²) in [6, 6.07) is 14.3. The van der Waals surface area contributed by atoms with Gasteiger partial charge in [-0.15, -0.1) is 0 Å². The third-order valence-corrected chi connectivity index (χ3v) is 5.20. The molecule has 0 spiro atoms. The number of aliphatic imine (C=N–C) groups is 1.